The summed E-state index contributed by atoms with van der Waals surface area (Å²) in [7, 11) is 0. The third kappa shape index (κ3) is 7.41. The SMILES string of the molecule is C#Cc1ccc(F)cc1ON.CC.Cc1nc2n(c(=O)c1CCN1CCC(C)CC1)CCCC2. The number of hydrogen-bond donors (Lipinski definition) is 1. The average molecular weight is 471 g/mol. The molecule has 1 fully saturated rings. The molecule has 1 saturated heterocycles. The molecule has 1 aromatic carbocycles. The summed E-state index contributed by atoms with van der Waals surface area (Å²) in [5.41, 5.74) is 2.56. The van der Waals surface area contributed by atoms with Gasteiger partial charge in [-0.15, -0.1) is 6.42 Å². The highest BCUT2D eigenvalue weighted by Crippen LogP contribution is 2.18. The Hall–Kier alpha value is -2.69. The minimum atomic E-state index is -0.426. The summed E-state index contributed by atoms with van der Waals surface area (Å²) in [4.78, 5) is 24.2. The first-order chi connectivity index (χ1) is 16.4. The van der Waals surface area contributed by atoms with Crippen molar-refractivity contribution < 1.29 is 9.23 Å². The molecule has 3 heterocycles. The number of likely N-dealkylation sites (tertiary alicyclic amines) is 1. The molecule has 186 valence electrons. The van der Waals surface area contributed by atoms with Crippen LogP contribution in [0, 0.1) is 31.0 Å². The Bertz CT molecular complexity index is 1020. The van der Waals surface area contributed by atoms with Gasteiger partial charge in [-0.05, 0) is 70.2 Å². The Morgan fingerprint density at radius 1 is 1.24 bits per heavy atom. The predicted octanol–water partition coefficient (Wildman–Crippen LogP) is 4.25. The maximum Gasteiger partial charge on any atom is 0.256 e. The largest absolute Gasteiger partial charge is 0.410 e. The summed E-state index contributed by atoms with van der Waals surface area (Å²) in [5.74, 6) is 8.74. The number of nitrogens with two attached hydrogens (primary N) is 1. The Morgan fingerprint density at radius 2 is 1.94 bits per heavy atom. The summed E-state index contributed by atoms with van der Waals surface area (Å²) in [6.45, 7) is 12.6. The molecule has 2 aliphatic heterocycles. The van der Waals surface area contributed by atoms with Crippen LogP contribution in [-0.4, -0.2) is 34.1 Å². The number of halogens is 1. The number of nitrogens with zero attached hydrogens (tertiary/aromatic N) is 3. The maximum atomic E-state index is 12.7. The van der Waals surface area contributed by atoms with Gasteiger partial charge >= 0.3 is 0 Å². The van der Waals surface area contributed by atoms with Crippen LogP contribution in [0.1, 0.15) is 69.1 Å². The molecule has 4 rings (SSSR count). The van der Waals surface area contributed by atoms with Crippen LogP contribution in [-0.2, 0) is 19.4 Å². The van der Waals surface area contributed by atoms with Crippen molar-refractivity contribution in [3.8, 4) is 18.1 Å². The molecule has 0 spiro atoms. The lowest BCUT2D eigenvalue weighted by molar-refractivity contribution is 0.194. The van der Waals surface area contributed by atoms with Gasteiger partial charge in [0.2, 0.25) is 0 Å². The van der Waals surface area contributed by atoms with Crippen LogP contribution in [0.15, 0.2) is 23.0 Å². The lowest BCUT2D eigenvalue weighted by atomic mass is 9.99. The number of fused-ring (bicyclic) bond motifs is 1. The van der Waals surface area contributed by atoms with E-state index in [0.717, 1.165) is 67.8 Å². The second-order valence-electron chi connectivity index (χ2n) is 8.68. The Kier molecular flexibility index (Phi) is 11.2. The predicted molar refractivity (Wildman–Crippen MR) is 135 cm³/mol. The Balaban J connectivity index is 0.000000266. The Labute approximate surface area is 203 Å². The molecule has 1 aromatic heterocycles. The van der Waals surface area contributed by atoms with Crippen molar-refractivity contribution in [3.63, 3.8) is 0 Å². The van der Waals surface area contributed by atoms with E-state index < -0.39 is 5.82 Å². The first-order valence-corrected chi connectivity index (χ1v) is 12.4. The van der Waals surface area contributed by atoms with Crippen LogP contribution in [0.25, 0.3) is 0 Å². The van der Waals surface area contributed by atoms with Crippen molar-refractivity contribution in [2.75, 3.05) is 19.6 Å². The molecule has 0 atom stereocenters. The molecule has 0 radical (unpaired) electrons. The molecule has 34 heavy (non-hydrogen) atoms. The lowest BCUT2D eigenvalue weighted by Crippen LogP contribution is -2.37. The molecule has 0 unspecified atom stereocenters. The highest BCUT2D eigenvalue weighted by Gasteiger charge is 2.19. The van der Waals surface area contributed by atoms with E-state index in [9.17, 15) is 9.18 Å². The van der Waals surface area contributed by atoms with Crippen LogP contribution in [0.5, 0.6) is 5.75 Å². The summed E-state index contributed by atoms with van der Waals surface area (Å²) >= 11 is 0. The monoisotopic (exact) mass is 470 g/mol. The molecule has 2 aliphatic rings. The number of piperidine rings is 1. The van der Waals surface area contributed by atoms with Crippen molar-refractivity contribution in [3.05, 3.63) is 57.0 Å². The number of hydrogen-bond acceptors (Lipinski definition) is 5. The summed E-state index contributed by atoms with van der Waals surface area (Å²) < 4.78 is 14.4. The fourth-order valence-electron chi connectivity index (χ4n) is 4.29. The van der Waals surface area contributed by atoms with E-state index in [2.05, 4.69) is 22.6 Å². The van der Waals surface area contributed by atoms with Gasteiger partial charge in [-0.25, -0.2) is 9.37 Å². The molecule has 2 N–H and O–H groups in total. The van der Waals surface area contributed by atoms with Crippen molar-refractivity contribution >= 4 is 0 Å². The minimum Gasteiger partial charge on any atom is -0.410 e. The van der Waals surface area contributed by atoms with Gasteiger partial charge in [0.1, 0.15) is 11.6 Å². The zero-order valence-electron chi connectivity index (χ0n) is 21.1. The second kappa shape index (κ2) is 13.9. The number of aromatic nitrogens is 2. The molecule has 0 bridgehead atoms. The van der Waals surface area contributed by atoms with E-state index in [1.165, 1.54) is 38.1 Å². The van der Waals surface area contributed by atoms with Crippen LogP contribution in [0.3, 0.4) is 0 Å². The van der Waals surface area contributed by atoms with Gasteiger partial charge in [-0.3, -0.25) is 9.36 Å². The van der Waals surface area contributed by atoms with Crippen molar-refractivity contribution in [1.82, 2.24) is 14.5 Å². The van der Waals surface area contributed by atoms with Crippen molar-refractivity contribution in [2.24, 2.45) is 11.8 Å². The number of terminal acetylenes is 1. The zero-order chi connectivity index (χ0) is 25.1. The smallest absolute Gasteiger partial charge is 0.256 e. The standard InChI is InChI=1S/C17H27N3O.C8H6FNO.C2H6/c1-13-6-10-19(11-7-13)12-8-15-14(2)18-16-5-3-4-9-20(16)17(15)21;1-2-6-3-4-7(9)5-8(6)11-10;1-2/h13H,3-12H2,1-2H3;1,3-5H,10H2;1-2H3. The topological polar surface area (TPSA) is 73.4 Å². The number of benzene rings is 1. The highest BCUT2D eigenvalue weighted by molar-refractivity contribution is 5.44. The second-order valence-corrected chi connectivity index (χ2v) is 8.68. The van der Waals surface area contributed by atoms with E-state index in [1.54, 1.807) is 0 Å². The van der Waals surface area contributed by atoms with Crippen LogP contribution >= 0.6 is 0 Å². The normalized spacial score (nSPS) is 15.7. The third-order valence-corrected chi connectivity index (χ3v) is 6.36. The van der Waals surface area contributed by atoms with Gasteiger partial charge in [-0.1, -0.05) is 26.7 Å². The van der Waals surface area contributed by atoms with Crippen LogP contribution < -0.4 is 16.3 Å². The molecule has 0 saturated carbocycles. The molecule has 6 nitrogen and oxygen atoms in total. The van der Waals surface area contributed by atoms with Crippen molar-refractivity contribution in [2.45, 2.75) is 72.8 Å². The first kappa shape index (κ1) is 27.6. The van der Waals surface area contributed by atoms with Gasteiger partial charge in [0.25, 0.3) is 5.56 Å². The van der Waals surface area contributed by atoms with E-state index in [-0.39, 0.29) is 11.3 Å². The third-order valence-electron chi connectivity index (χ3n) is 6.36. The quantitative estimate of drug-likeness (QED) is 0.534. The van der Waals surface area contributed by atoms with Gasteiger partial charge in [0.15, 0.2) is 5.75 Å². The van der Waals surface area contributed by atoms with Gasteiger partial charge in [0.05, 0.1) is 5.56 Å². The van der Waals surface area contributed by atoms with E-state index >= 15 is 0 Å². The van der Waals surface area contributed by atoms with Crippen LogP contribution in [0.2, 0.25) is 0 Å². The maximum absolute atomic E-state index is 12.7. The van der Waals surface area contributed by atoms with Gasteiger partial charge in [0, 0.05) is 36.8 Å². The fraction of sp³-hybridized carbons (Fsp3) is 0.556. The average Bonchev–Trinajstić information content (AvgIpc) is 2.86. The molecule has 0 amide bonds. The molecule has 2 aromatic rings. The first-order valence-electron chi connectivity index (χ1n) is 12.4. The molecular formula is C27H39FN4O2. The molecule has 7 heteroatoms. The van der Waals surface area contributed by atoms with Gasteiger partial charge < -0.3 is 9.74 Å². The summed E-state index contributed by atoms with van der Waals surface area (Å²) in [5, 5.41) is 0. The van der Waals surface area contributed by atoms with Crippen molar-refractivity contribution in [1.29, 1.82) is 0 Å². The van der Waals surface area contributed by atoms with E-state index in [1.807, 2.05) is 25.3 Å². The lowest BCUT2D eigenvalue weighted by Gasteiger charge is -2.30. The van der Waals surface area contributed by atoms with Gasteiger partial charge in [-0.2, -0.15) is 5.90 Å². The Morgan fingerprint density at radius 3 is 2.59 bits per heavy atom. The van der Waals surface area contributed by atoms with E-state index in [4.69, 9.17) is 17.3 Å². The molecular weight excluding hydrogens is 431 g/mol. The highest BCUT2D eigenvalue weighted by atomic mass is 19.1. The zero-order valence-corrected chi connectivity index (χ0v) is 21.1. The molecule has 0 aliphatic carbocycles. The van der Waals surface area contributed by atoms with E-state index in [0.29, 0.717) is 5.56 Å². The fourth-order valence-corrected chi connectivity index (χ4v) is 4.29. The number of rotatable bonds is 4. The number of aryl methyl sites for hydroxylation is 2. The summed E-state index contributed by atoms with van der Waals surface area (Å²) in [6.07, 6.45) is 11.7. The minimum absolute atomic E-state index is 0.174. The van der Waals surface area contributed by atoms with Crippen LogP contribution in [0.4, 0.5) is 4.39 Å². The summed E-state index contributed by atoms with van der Waals surface area (Å²) in [6, 6.07) is 3.81.